The lowest BCUT2D eigenvalue weighted by molar-refractivity contribution is 0.0693. The number of fused-ring (bicyclic) bond motifs is 1. The van der Waals surface area contributed by atoms with Crippen LogP contribution in [0, 0.1) is 17.2 Å². The number of benzene rings is 1. The molecule has 0 bridgehead atoms. The SMILES string of the molecule is CC(C)OC1=CC2C(C#N)=CN(c3ccc(C(=O)O)c(O)c3)C2C=C1. The largest absolute Gasteiger partial charge is 0.507 e. The Morgan fingerprint density at radius 2 is 2.16 bits per heavy atom. The molecule has 1 aliphatic heterocycles. The first-order valence-electron chi connectivity index (χ1n) is 7.94. The number of allylic oxidation sites excluding steroid dienone is 1. The van der Waals surface area contributed by atoms with Crippen molar-refractivity contribution in [3.05, 3.63) is 59.5 Å². The molecule has 0 aromatic heterocycles. The Bertz CT molecular complexity index is 845. The first kappa shape index (κ1) is 16.7. The number of hydrogen-bond donors (Lipinski definition) is 2. The summed E-state index contributed by atoms with van der Waals surface area (Å²) >= 11 is 0. The minimum Gasteiger partial charge on any atom is -0.507 e. The summed E-state index contributed by atoms with van der Waals surface area (Å²) in [6, 6.07) is 6.46. The summed E-state index contributed by atoms with van der Waals surface area (Å²) in [6.45, 7) is 3.88. The van der Waals surface area contributed by atoms with E-state index in [4.69, 9.17) is 9.84 Å². The number of carboxylic acids is 1. The second kappa shape index (κ2) is 6.36. The van der Waals surface area contributed by atoms with E-state index in [0.717, 1.165) is 5.76 Å². The van der Waals surface area contributed by atoms with E-state index in [0.29, 0.717) is 11.3 Å². The molecule has 0 radical (unpaired) electrons. The summed E-state index contributed by atoms with van der Waals surface area (Å²) in [5, 5.41) is 28.4. The summed E-state index contributed by atoms with van der Waals surface area (Å²) in [5.41, 5.74) is 1.05. The summed E-state index contributed by atoms with van der Waals surface area (Å²) in [6.07, 6.45) is 7.51. The molecule has 2 aliphatic rings. The monoisotopic (exact) mass is 338 g/mol. The predicted molar refractivity (Wildman–Crippen MR) is 92.0 cm³/mol. The van der Waals surface area contributed by atoms with Crippen LogP contribution in [0.2, 0.25) is 0 Å². The number of nitriles is 1. The Labute approximate surface area is 145 Å². The van der Waals surface area contributed by atoms with Crippen molar-refractivity contribution in [2.24, 2.45) is 5.92 Å². The quantitative estimate of drug-likeness (QED) is 0.876. The van der Waals surface area contributed by atoms with Gasteiger partial charge in [-0.2, -0.15) is 5.26 Å². The van der Waals surface area contributed by atoms with Crippen LogP contribution in [0.4, 0.5) is 5.69 Å². The van der Waals surface area contributed by atoms with E-state index in [-0.39, 0.29) is 29.4 Å². The van der Waals surface area contributed by atoms with Gasteiger partial charge in [-0.3, -0.25) is 0 Å². The van der Waals surface area contributed by atoms with Gasteiger partial charge in [0.05, 0.1) is 23.8 Å². The predicted octanol–water partition coefficient (Wildman–Crippen LogP) is 3.18. The Hall–Kier alpha value is -3.20. The van der Waals surface area contributed by atoms with Crippen LogP contribution in [0.15, 0.2) is 54.0 Å². The molecule has 128 valence electrons. The summed E-state index contributed by atoms with van der Waals surface area (Å²) in [7, 11) is 0. The number of carboxylic acid groups (broad SMARTS) is 1. The van der Waals surface area contributed by atoms with E-state index in [1.165, 1.54) is 12.1 Å². The molecule has 0 saturated carbocycles. The molecule has 1 aromatic carbocycles. The summed E-state index contributed by atoms with van der Waals surface area (Å²) in [5.74, 6) is -0.916. The zero-order chi connectivity index (χ0) is 18.1. The molecular formula is C19H18N2O4. The molecule has 1 heterocycles. The average molecular weight is 338 g/mol. The van der Waals surface area contributed by atoms with Gasteiger partial charge in [-0.05, 0) is 38.1 Å². The number of rotatable bonds is 4. The molecule has 0 saturated heterocycles. The van der Waals surface area contributed by atoms with E-state index in [1.54, 1.807) is 12.3 Å². The van der Waals surface area contributed by atoms with Gasteiger partial charge in [0.25, 0.3) is 0 Å². The van der Waals surface area contributed by atoms with Crippen molar-refractivity contribution < 1.29 is 19.7 Å². The highest BCUT2D eigenvalue weighted by molar-refractivity contribution is 5.91. The molecule has 0 fully saturated rings. The molecule has 1 aliphatic carbocycles. The third-order valence-electron chi connectivity index (χ3n) is 4.14. The van der Waals surface area contributed by atoms with Crippen molar-refractivity contribution in [3.8, 4) is 11.8 Å². The van der Waals surface area contributed by atoms with Crippen LogP contribution in [0.5, 0.6) is 5.75 Å². The van der Waals surface area contributed by atoms with E-state index >= 15 is 0 Å². The molecule has 1 aromatic rings. The minimum atomic E-state index is -1.19. The minimum absolute atomic E-state index is 0.0416. The summed E-state index contributed by atoms with van der Waals surface area (Å²) in [4.78, 5) is 12.9. The Kier molecular flexibility index (Phi) is 4.24. The van der Waals surface area contributed by atoms with Gasteiger partial charge >= 0.3 is 5.97 Å². The lowest BCUT2D eigenvalue weighted by Gasteiger charge is -2.29. The van der Waals surface area contributed by atoms with E-state index in [9.17, 15) is 15.2 Å². The smallest absolute Gasteiger partial charge is 0.339 e. The number of anilines is 1. The van der Waals surface area contributed by atoms with Crippen molar-refractivity contribution in [3.63, 3.8) is 0 Å². The van der Waals surface area contributed by atoms with Gasteiger partial charge in [0.2, 0.25) is 0 Å². The fourth-order valence-electron chi connectivity index (χ4n) is 3.07. The number of carbonyl (C=O) groups is 1. The Balaban J connectivity index is 1.93. The average Bonchev–Trinajstić information content (AvgIpc) is 2.91. The van der Waals surface area contributed by atoms with Crippen LogP contribution < -0.4 is 4.90 Å². The summed E-state index contributed by atoms with van der Waals surface area (Å²) < 4.78 is 5.71. The molecule has 6 heteroatoms. The topological polar surface area (TPSA) is 93.8 Å². The van der Waals surface area contributed by atoms with Gasteiger partial charge in [0.1, 0.15) is 17.1 Å². The molecule has 2 N–H and O–H groups in total. The van der Waals surface area contributed by atoms with Crippen LogP contribution in [-0.2, 0) is 4.74 Å². The van der Waals surface area contributed by atoms with Gasteiger partial charge in [-0.1, -0.05) is 6.08 Å². The number of phenols is 1. The maximum Gasteiger partial charge on any atom is 0.339 e. The van der Waals surface area contributed by atoms with Crippen molar-refractivity contribution in [1.82, 2.24) is 0 Å². The molecule has 0 amide bonds. The normalized spacial score (nSPS) is 21.4. The fraction of sp³-hybridized carbons (Fsp3) is 0.263. The zero-order valence-corrected chi connectivity index (χ0v) is 13.9. The lowest BCUT2D eigenvalue weighted by atomic mass is 9.90. The van der Waals surface area contributed by atoms with Crippen LogP contribution in [0.1, 0.15) is 24.2 Å². The molecule has 0 spiro atoms. The molecule has 3 rings (SSSR count). The van der Waals surface area contributed by atoms with Gasteiger partial charge in [0, 0.05) is 23.9 Å². The second-order valence-electron chi connectivity index (χ2n) is 6.22. The van der Waals surface area contributed by atoms with E-state index in [1.807, 2.05) is 37.0 Å². The number of aromatic carboxylic acids is 1. The van der Waals surface area contributed by atoms with Crippen molar-refractivity contribution in [2.45, 2.75) is 26.0 Å². The van der Waals surface area contributed by atoms with Crippen LogP contribution in [0.25, 0.3) is 0 Å². The Morgan fingerprint density at radius 1 is 1.40 bits per heavy atom. The number of aromatic hydroxyl groups is 1. The van der Waals surface area contributed by atoms with Gasteiger partial charge in [0.15, 0.2) is 0 Å². The molecular weight excluding hydrogens is 320 g/mol. The maximum absolute atomic E-state index is 11.0. The van der Waals surface area contributed by atoms with Gasteiger partial charge in [-0.15, -0.1) is 0 Å². The molecule has 25 heavy (non-hydrogen) atoms. The molecule has 2 atom stereocenters. The third kappa shape index (κ3) is 3.09. The van der Waals surface area contributed by atoms with Crippen molar-refractivity contribution in [1.29, 1.82) is 5.26 Å². The third-order valence-corrected chi connectivity index (χ3v) is 4.14. The van der Waals surface area contributed by atoms with Gasteiger partial charge in [-0.25, -0.2) is 4.79 Å². The maximum atomic E-state index is 11.0. The van der Waals surface area contributed by atoms with Crippen molar-refractivity contribution in [2.75, 3.05) is 4.90 Å². The van der Waals surface area contributed by atoms with Crippen LogP contribution in [-0.4, -0.2) is 28.3 Å². The number of nitrogens with zero attached hydrogens (tertiary/aromatic N) is 2. The Morgan fingerprint density at radius 3 is 2.76 bits per heavy atom. The lowest BCUT2D eigenvalue weighted by Crippen LogP contribution is -2.31. The number of ether oxygens (including phenoxy) is 1. The highest BCUT2D eigenvalue weighted by atomic mass is 16.5. The first-order valence-corrected chi connectivity index (χ1v) is 7.94. The standard InChI is InChI=1S/C19H18N2O4/c1-11(2)25-14-4-6-17-16(8-14)12(9-20)10-21(17)13-3-5-15(19(23)24)18(22)7-13/h3-8,10-11,16-17,22H,1-2H3,(H,23,24). The van der Waals surface area contributed by atoms with Crippen molar-refractivity contribution >= 4 is 11.7 Å². The number of hydrogen-bond acceptors (Lipinski definition) is 5. The van der Waals surface area contributed by atoms with Crippen LogP contribution in [0.3, 0.4) is 0 Å². The fourth-order valence-corrected chi connectivity index (χ4v) is 3.07. The highest BCUT2D eigenvalue weighted by Crippen LogP contribution is 2.38. The highest BCUT2D eigenvalue weighted by Gasteiger charge is 2.36. The molecule has 2 unspecified atom stereocenters. The first-order chi connectivity index (χ1) is 11.9. The van der Waals surface area contributed by atoms with E-state index in [2.05, 4.69) is 6.07 Å². The second-order valence-corrected chi connectivity index (χ2v) is 6.22. The van der Waals surface area contributed by atoms with Crippen LogP contribution >= 0.6 is 0 Å². The zero-order valence-electron chi connectivity index (χ0n) is 13.9. The van der Waals surface area contributed by atoms with E-state index < -0.39 is 5.97 Å². The van der Waals surface area contributed by atoms with Gasteiger partial charge < -0.3 is 19.8 Å². The molecule has 6 nitrogen and oxygen atoms in total.